The summed E-state index contributed by atoms with van der Waals surface area (Å²) in [5.74, 6) is 1.61. The highest BCUT2D eigenvalue weighted by atomic mass is 16.3. The summed E-state index contributed by atoms with van der Waals surface area (Å²) in [7, 11) is 0. The summed E-state index contributed by atoms with van der Waals surface area (Å²) in [5, 5.41) is 0. The van der Waals surface area contributed by atoms with Gasteiger partial charge < -0.3 is 10.2 Å². The van der Waals surface area contributed by atoms with Gasteiger partial charge in [-0.05, 0) is 24.8 Å². The summed E-state index contributed by atoms with van der Waals surface area (Å²) in [4.78, 5) is 2.56. The second kappa shape index (κ2) is 7.59. The molecule has 1 heterocycles. The molecule has 104 valence electrons. The van der Waals surface area contributed by atoms with Crippen LogP contribution in [0.3, 0.4) is 0 Å². The summed E-state index contributed by atoms with van der Waals surface area (Å²) >= 11 is 0. The second-order valence-corrected chi connectivity index (χ2v) is 5.37. The fraction of sp³-hybridized carbons (Fsp3) is 0.733. The van der Waals surface area contributed by atoms with E-state index < -0.39 is 0 Å². The predicted molar refractivity (Wildman–Crippen MR) is 76.2 cm³/mol. The molecule has 18 heavy (non-hydrogen) atoms. The van der Waals surface area contributed by atoms with Gasteiger partial charge in [0.2, 0.25) is 0 Å². The fourth-order valence-corrected chi connectivity index (χ4v) is 2.52. The smallest absolute Gasteiger partial charge is 0.121 e. The van der Waals surface area contributed by atoms with Gasteiger partial charge in [0.25, 0.3) is 0 Å². The number of nitrogens with zero attached hydrogens (tertiary/aromatic N) is 1. The van der Waals surface area contributed by atoms with Gasteiger partial charge in [-0.15, -0.1) is 0 Å². The van der Waals surface area contributed by atoms with Crippen molar-refractivity contribution in [1.82, 2.24) is 4.90 Å². The van der Waals surface area contributed by atoms with E-state index >= 15 is 0 Å². The van der Waals surface area contributed by atoms with E-state index in [0.29, 0.717) is 18.5 Å². The molecular weight excluding hydrogens is 224 g/mol. The van der Waals surface area contributed by atoms with Crippen molar-refractivity contribution in [1.29, 1.82) is 0 Å². The Labute approximate surface area is 111 Å². The molecule has 3 nitrogen and oxygen atoms in total. The lowest BCUT2D eigenvalue weighted by atomic mass is 10.1. The molecule has 0 unspecified atom stereocenters. The van der Waals surface area contributed by atoms with E-state index in [0.717, 1.165) is 18.8 Å². The second-order valence-electron chi connectivity index (χ2n) is 5.37. The summed E-state index contributed by atoms with van der Waals surface area (Å²) in [6, 6.07) is 2.70. The minimum atomic E-state index is 0.487. The highest BCUT2D eigenvalue weighted by Gasteiger charge is 2.18. The lowest BCUT2D eigenvalue weighted by Crippen LogP contribution is -2.36. The maximum Gasteiger partial charge on any atom is 0.121 e. The van der Waals surface area contributed by atoms with E-state index in [1.165, 1.54) is 18.4 Å². The van der Waals surface area contributed by atoms with Gasteiger partial charge in [0.05, 0.1) is 12.8 Å². The third kappa shape index (κ3) is 4.14. The molecule has 0 fully saturated rings. The minimum absolute atomic E-state index is 0.487. The molecule has 0 saturated carbocycles. The lowest BCUT2D eigenvalue weighted by Gasteiger charge is -2.31. The minimum Gasteiger partial charge on any atom is -0.468 e. The fourth-order valence-electron chi connectivity index (χ4n) is 2.52. The Hall–Kier alpha value is -0.800. The quantitative estimate of drug-likeness (QED) is 0.771. The molecule has 0 aliphatic carbocycles. The summed E-state index contributed by atoms with van der Waals surface area (Å²) in [6.07, 6.45) is 4.13. The van der Waals surface area contributed by atoms with Crippen LogP contribution >= 0.6 is 0 Å². The monoisotopic (exact) mass is 252 g/mol. The topological polar surface area (TPSA) is 42.4 Å². The average Bonchev–Trinajstić information content (AvgIpc) is 2.77. The van der Waals surface area contributed by atoms with Crippen LogP contribution in [0.25, 0.3) is 0 Å². The molecule has 0 atom stereocenters. The Morgan fingerprint density at radius 3 is 2.44 bits per heavy atom. The first kappa shape index (κ1) is 15.3. The van der Waals surface area contributed by atoms with Crippen LogP contribution in [-0.4, -0.2) is 17.5 Å². The first-order valence-electron chi connectivity index (χ1n) is 7.11. The molecule has 0 spiro atoms. The van der Waals surface area contributed by atoms with Gasteiger partial charge in [0.1, 0.15) is 5.76 Å². The van der Waals surface area contributed by atoms with Crippen molar-refractivity contribution in [3.05, 3.63) is 23.7 Å². The number of hydrogen-bond donors (Lipinski definition) is 1. The normalized spacial score (nSPS) is 12.0. The van der Waals surface area contributed by atoms with Crippen molar-refractivity contribution in [3.8, 4) is 0 Å². The molecule has 0 bridgehead atoms. The number of rotatable bonds is 8. The number of hydrogen-bond acceptors (Lipinski definition) is 3. The molecule has 1 aromatic heterocycles. The molecule has 0 radical (unpaired) electrons. The van der Waals surface area contributed by atoms with Crippen molar-refractivity contribution in [2.75, 3.05) is 6.54 Å². The van der Waals surface area contributed by atoms with Crippen molar-refractivity contribution >= 4 is 0 Å². The van der Waals surface area contributed by atoms with Gasteiger partial charge in [0.15, 0.2) is 0 Å². The largest absolute Gasteiger partial charge is 0.468 e. The van der Waals surface area contributed by atoms with E-state index in [1.54, 1.807) is 6.26 Å². The molecule has 0 aliphatic heterocycles. The zero-order valence-electron chi connectivity index (χ0n) is 12.3. The summed E-state index contributed by atoms with van der Waals surface area (Å²) in [5.41, 5.74) is 6.94. The van der Waals surface area contributed by atoms with Crippen LogP contribution in [0, 0.1) is 5.92 Å². The molecule has 0 aromatic carbocycles. The zero-order chi connectivity index (χ0) is 13.5. The highest BCUT2D eigenvalue weighted by molar-refractivity contribution is 5.16. The first-order chi connectivity index (χ1) is 8.62. The maximum atomic E-state index is 5.70. The van der Waals surface area contributed by atoms with Crippen LogP contribution < -0.4 is 5.73 Å². The standard InChI is InChI=1S/C15H28N2O/c1-5-14(6-2)17(10-12(3)4)11-13-7-8-18-15(13)9-16/h7-8,12,14H,5-6,9-11,16H2,1-4H3. The van der Waals surface area contributed by atoms with Gasteiger partial charge in [-0.25, -0.2) is 0 Å². The Kier molecular flexibility index (Phi) is 6.44. The molecular formula is C15H28N2O. The van der Waals surface area contributed by atoms with E-state index in [9.17, 15) is 0 Å². The molecule has 0 saturated heterocycles. The van der Waals surface area contributed by atoms with Crippen molar-refractivity contribution < 1.29 is 4.42 Å². The SMILES string of the molecule is CCC(CC)N(Cc1ccoc1CN)CC(C)C. The molecule has 0 aliphatic rings. The molecule has 0 amide bonds. The van der Waals surface area contributed by atoms with Gasteiger partial charge in [-0.2, -0.15) is 0 Å². The van der Waals surface area contributed by atoms with Gasteiger partial charge in [-0.3, -0.25) is 4.90 Å². The number of nitrogens with two attached hydrogens (primary N) is 1. The Morgan fingerprint density at radius 1 is 1.28 bits per heavy atom. The van der Waals surface area contributed by atoms with Crippen LogP contribution in [0.1, 0.15) is 51.9 Å². The predicted octanol–water partition coefficient (Wildman–Crippen LogP) is 3.38. The van der Waals surface area contributed by atoms with Crippen molar-refractivity contribution in [2.24, 2.45) is 11.7 Å². The lowest BCUT2D eigenvalue weighted by molar-refractivity contribution is 0.156. The van der Waals surface area contributed by atoms with Crippen LogP contribution in [0.5, 0.6) is 0 Å². The Bertz CT molecular complexity index is 329. The van der Waals surface area contributed by atoms with E-state index in [2.05, 4.69) is 38.7 Å². The van der Waals surface area contributed by atoms with Crippen molar-refractivity contribution in [2.45, 2.75) is 59.7 Å². The average molecular weight is 252 g/mol. The third-order valence-corrected chi connectivity index (χ3v) is 3.46. The molecule has 2 N–H and O–H groups in total. The summed E-state index contributed by atoms with van der Waals surface area (Å²) in [6.45, 7) is 11.6. The third-order valence-electron chi connectivity index (χ3n) is 3.46. The number of furan rings is 1. The van der Waals surface area contributed by atoms with Crippen molar-refractivity contribution in [3.63, 3.8) is 0 Å². The van der Waals surface area contributed by atoms with Crippen LogP contribution in [0.2, 0.25) is 0 Å². The Morgan fingerprint density at radius 2 is 1.94 bits per heavy atom. The highest BCUT2D eigenvalue weighted by Crippen LogP contribution is 2.18. The van der Waals surface area contributed by atoms with Gasteiger partial charge in [-0.1, -0.05) is 27.7 Å². The van der Waals surface area contributed by atoms with Gasteiger partial charge in [0, 0.05) is 24.7 Å². The van der Waals surface area contributed by atoms with E-state index in [-0.39, 0.29) is 0 Å². The molecule has 1 rings (SSSR count). The van der Waals surface area contributed by atoms with E-state index in [1.807, 2.05) is 0 Å². The van der Waals surface area contributed by atoms with Crippen LogP contribution in [-0.2, 0) is 13.1 Å². The van der Waals surface area contributed by atoms with Crippen LogP contribution in [0.15, 0.2) is 16.7 Å². The van der Waals surface area contributed by atoms with Crippen LogP contribution in [0.4, 0.5) is 0 Å². The summed E-state index contributed by atoms with van der Waals surface area (Å²) < 4.78 is 5.42. The Balaban J connectivity index is 2.77. The zero-order valence-corrected chi connectivity index (χ0v) is 12.3. The van der Waals surface area contributed by atoms with E-state index in [4.69, 9.17) is 10.2 Å². The maximum absolute atomic E-state index is 5.70. The molecule has 3 heteroatoms. The first-order valence-corrected chi connectivity index (χ1v) is 7.11. The van der Waals surface area contributed by atoms with Gasteiger partial charge >= 0.3 is 0 Å². The molecule has 1 aromatic rings.